The molecule has 1 aromatic rings. The highest BCUT2D eigenvalue weighted by molar-refractivity contribution is 5.26. The van der Waals surface area contributed by atoms with Gasteiger partial charge in [0.25, 0.3) is 0 Å². The molecule has 1 aliphatic heterocycles. The Morgan fingerprint density at radius 3 is 2.53 bits per heavy atom. The van der Waals surface area contributed by atoms with Gasteiger partial charge < -0.3 is 10.0 Å². The van der Waals surface area contributed by atoms with Crippen LogP contribution in [0, 0.1) is 12.8 Å². The van der Waals surface area contributed by atoms with Gasteiger partial charge in [-0.05, 0) is 19.5 Å². The predicted octanol–water partition coefficient (Wildman–Crippen LogP) is 1.63. The van der Waals surface area contributed by atoms with Crippen LogP contribution in [0.1, 0.15) is 17.0 Å². The summed E-state index contributed by atoms with van der Waals surface area (Å²) in [6.07, 6.45) is 0. The molecule has 0 bridgehead atoms. The van der Waals surface area contributed by atoms with Gasteiger partial charge >= 0.3 is 0 Å². The highest BCUT2D eigenvalue weighted by Crippen LogP contribution is 2.31. The number of aliphatic hydroxyl groups is 1. The number of rotatable bonds is 2. The average Bonchev–Trinajstić information content (AvgIpc) is 2.61. The fourth-order valence-electron chi connectivity index (χ4n) is 2.46. The van der Waals surface area contributed by atoms with Crippen molar-refractivity contribution in [2.24, 2.45) is 5.92 Å². The number of likely N-dealkylation sites (tertiary alicyclic amines) is 1. The summed E-state index contributed by atoms with van der Waals surface area (Å²) in [5, 5.41) is 9.34. The molecular weight excluding hydrogens is 186 g/mol. The van der Waals surface area contributed by atoms with Gasteiger partial charge in [-0.25, -0.2) is 0 Å². The normalized spacial score (nSPS) is 27.1. The molecule has 1 fully saturated rings. The summed E-state index contributed by atoms with van der Waals surface area (Å²) in [7, 11) is 2.12. The summed E-state index contributed by atoms with van der Waals surface area (Å²) in [6.45, 7) is 4.47. The number of hydrogen-bond donors (Lipinski definition) is 1. The first kappa shape index (κ1) is 10.7. The molecule has 0 aromatic heterocycles. The van der Waals surface area contributed by atoms with Crippen molar-refractivity contribution < 1.29 is 5.11 Å². The minimum Gasteiger partial charge on any atom is -0.396 e. The Morgan fingerprint density at radius 2 is 1.93 bits per heavy atom. The van der Waals surface area contributed by atoms with Crippen LogP contribution in [0.4, 0.5) is 0 Å². The third kappa shape index (κ3) is 2.21. The van der Waals surface area contributed by atoms with Crippen molar-refractivity contribution in [1.29, 1.82) is 0 Å². The molecule has 0 unspecified atom stereocenters. The number of hydrogen-bond acceptors (Lipinski definition) is 2. The van der Waals surface area contributed by atoms with Gasteiger partial charge in [0.1, 0.15) is 0 Å². The van der Waals surface area contributed by atoms with E-state index >= 15 is 0 Å². The van der Waals surface area contributed by atoms with Crippen molar-refractivity contribution in [2.45, 2.75) is 12.8 Å². The molecule has 1 N–H and O–H groups in total. The summed E-state index contributed by atoms with van der Waals surface area (Å²) < 4.78 is 0. The molecule has 2 heteroatoms. The van der Waals surface area contributed by atoms with Gasteiger partial charge in [0.05, 0.1) is 0 Å². The highest BCUT2D eigenvalue weighted by Gasteiger charge is 2.31. The van der Waals surface area contributed by atoms with Crippen molar-refractivity contribution in [3.8, 4) is 0 Å². The zero-order chi connectivity index (χ0) is 10.8. The summed E-state index contributed by atoms with van der Waals surface area (Å²) in [5.74, 6) is 0.901. The monoisotopic (exact) mass is 205 g/mol. The van der Waals surface area contributed by atoms with E-state index in [1.165, 1.54) is 11.1 Å². The molecule has 0 amide bonds. The van der Waals surface area contributed by atoms with E-state index in [1.54, 1.807) is 0 Å². The number of aliphatic hydroxyl groups excluding tert-OH is 1. The Bertz CT molecular complexity index is 320. The largest absolute Gasteiger partial charge is 0.396 e. The first-order valence-electron chi connectivity index (χ1n) is 5.56. The predicted molar refractivity (Wildman–Crippen MR) is 62.0 cm³/mol. The standard InChI is InChI=1S/C13H19NO/c1-10-3-5-11(6-4-10)13-8-14(2)7-12(13)9-15/h3-6,12-13,15H,7-9H2,1-2H3/t12-,13-/m0/s1. The SMILES string of the molecule is Cc1ccc([C@@H]2CN(C)C[C@H]2CO)cc1. The molecule has 2 nitrogen and oxygen atoms in total. The van der Waals surface area contributed by atoms with E-state index in [0.29, 0.717) is 18.4 Å². The number of benzene rings is 1. The van der Waals surface area contributed by atoms with Crippen LogP contribution in [0.15, 0.2) is 24.3 Å². The van der Waals surface area contributed by atoms with Crippen LogP contribution < -0.4 is 0 Å². The van der Waals surface area contributed by atoms with Crippen LogP contribution in [0.2, 0.25) is 0 Å². The molecule has 0 spiro atoms. The van der Waals surface area contributed by atoms with E-state index in [-0.39, 0.29) is 0 Å². The number of aryl methyl sites for hydroxylation is 1. The van der Waals surface area contributed by atoms with Gasteiger partial charge in [0, 0.05) is 31.5 Å². The zero-order valence-electron chi connectivity index (χ0n) is 9.48. The van der Waals surface area contributed by atoms with Crippen LogP contribution in [0.3, 0.4) is 0 Å². The maximum atomic E-state index is 9.34. The van der Waals surface area contributed by atoms with Crippen molar-refractivity contribution in [1.82, 2.24) is 4.90 Å². The number of likely N-dealkylation sites (N-methyl/N-ethyl adjacent to an activating group) is 1. The van der Waals surface area contributed by atoms with E-state index in [0.717, 1.165) is 13.1 Å². The molecule has 0 aliphatic carbocycles. The molecule has 1 saturated heterocycles. The van der Waals surface area contributed by atoms with E-state index in [4.69, 9.17) is 0 Å². The van der Waals surface area contributed by atoms with Crippen LogP contribution >= 0.6 is 0 Å². The van der Waals surface area contributed by atoms with Gasteiger partial charge in [0.2, 0.25) is 0 Å². The second kappa shape index (κ2) is 4.33. The Balaban J connectivity index is 2.19. The summed E-state index contributed by atoms with van der Waals surface area (Å²) in [6, 6.07) is 8.70. The van der Waals surface area contributed by atoms with Gasteiger partial charge in [0.15, 0.2) is 0 Å². The zero-order valence-corrected chi connectivity index (χ0v) is 9.48. The van der Waals surface area contributed by atoms with E-state index in [9.17, 15) is 5.11 Å². The summed E-state index contributed by atoms with van der Waals surface area (Å²) in [5.41, 5.74) is 2.66. The second-order valence-electron chi connectivity index (χ2n) is 4.68. The van der Waals surface area contributed by atoms with Gasteiger partial charge in [-0.1, -0.05) is 29.8 Å². The lowest BCUT2D eigenvalue weighted by Gasteiger charge is -2.16. The lowest BCUT2D eigenvalue weighted by molar-refractivity contribution is 0.219. The van der Waals surface area contributed by atoms with Gasteiger partial charge in [-0.3, -0.25) is 0 Å². The Morgan fingerprint density at radius 1 is 1.27 bits per heavy atom. The maximum absolute atomic E-state index is 9.34. The molecule has 1 heterocycles. The number of nitrogens with zero attached hydrogens (tertiary/aromatic N) is 1. The molecule has 2 rings (SSSR count). The highest BCUT2D eigenvalue weighted by atomic mass is 16.3. The first-order valence-corrected chi connectivity index (χ1v) is 5.56. The minimum absolute atomic E-state index is 0.295. The summed E-state index contributed by atoms with van der Waals surface area (Å²) >= 11 is 0. The van der Waals surface area contributed by atoms with Gasteiger partial charge in [-0.15, -0.1) is 0 Å². The summed E-state index contributed by atoms with van der Waals surface area (Å²) in [4.78, 5) is 2.30. The first-order chi connectivity index (χ1) is 7.20. The molecule has 0 radical (unpaired) electrons. The maximum Gasteiger partial charge on any atom is 0.0477 e. The fourth-order valence-corrected chi connectivity index (χ4v) is 2.46. The Labute approximate surface area is 91.5 Å². The molecule has 1 aliphatic rings. The fraction of sp³-hybridized carbons (Fsp3) is 0.538. The molecule has 0 saturated carbocycles. The molecule has 82 valence electrons. The van der Waals surface area contributed by atoms with Crippen LogP contribution in [0.5, 0.6) is 0 Å². The van der Waals surface area contributed by atoms with Crippen molar-refractivity contribution in [2.75, 3.05) is 26.7 Å². The Hall–Kier alpha value is -0.860. The topological polar surface area (TPSA) is 23.5 Å². The molecule has 2 atom stereocenters. The molecule has 1 aromatic carbocycles. The van der Waals surface area contributed by atoms with Crippen molar-refractivity contribution in [3.05, 3.63) is 35.4 Å². The van der Waals surface area contributed by atoms with Crippen LogP contribution in [-0.4, -0.2) is 36.8 Å². The molecule has 15 heavy (non-hydrogen) atoms. The molecular formula is C13H19NO. The quantitative estimate of drug-likeness (QED) is 0.793. The lowest BCUT2D eigenvalue weighted by Crippen LogP contribution is -2.15. The van der Waals surface area contributed by atoms with Crippen LogP contribution in [0.25, 0.3) is 0 Å². The smallest absolute Gasteiger partial charge is 0.0477 e. The van der Waals surface area contributed by atoms with E-state index in [1.807, 2.05) is 0 Å². The van der Waals surface area contributed by atoms with Crippen molar-refractivity contribution >= 4 is 0 Å². The van der Waals surface area contributed by atoms with E-state index < -0.39 is 0 Å². The Kier molecular flexibility index (Phi) is 3.08. The van der Waals surface area contributed by atoms with E-state index in [2.05, 4.69) is 43.1 Å². The van der Waals surface area contributed by atoms with Crippen LogP contribution in [-0.2, 0) is 0 Å². The average molecular weight is 205 g/mol. The second-order valence-corrected chi connectivity index (χ2v) is 4.68. The lowest BCUT2D eigenvalue weighted by atomic mass is 9.89. The minimum atomic E-state index is 0.295. The third-order valence-corrected chi connectivity index (χ3v) is 3.36. The third-order valence-electron chi connectivity index (χ3n) is 3.36. The van der Waals surface area contributed by atoms with Crippen molar-refractivity contribution in [3.63, 3.8) is 0 Å². The van der Waals surface area contributed by atoms with Gasteiger partial charge in [-0.2, -0.15) is 0 Å².